The number of rotatable bonds is 5. The molecule has 2 aromatic carbocycles. The zero-order chi connectivity index (χ0) is 20.7. The lowest BCUT2D eigenvalue weighted by atomic mass is 9.89. The van der Waals surface area contributed by atoms with Crippen LogP contribution in [0.5, 0.6) is 0 Å². The number of Topliss-reactive ketones (excluding diaryl/α,β-unsaturated/α-hetero) is 1. The highest BCUT2D eigenvalue weighted by molar-refractivity contribution is 6.10. The van der Waals surface area contributed by atoms with Crippen LogP contribution in [0.2, 0.25) is 0 Å². The highest BCUT2D eigenvalue weighted by Gasteiger charge is 2.36. The summed E-state index contributed by atoms with van der Waals surface area (Å²) in [6, 6.07) is 15.7. The third kappa shape index (κ3) is 3.32. The molecule has 2 N–H and O–H groups in total. The van der Waals surface area contributed by atoms with Crippen LogP contribution in [0.1, 0.15) is 30.1 Å². The number of piperidine rings is 1. The van der Waals surface area contributed by atoms with Crippen molar-refractivity contribution >= 4 is 27.6 Å². The first kappa shape index (κ1) is 19.0. The van der Waals surface area contributed by atoms with E-state index < -0.39 is 5.60 Å². The van der Waals surface area contributed by atoms with Gasteiger partial charge in [0.15, 0.2) is 5.78 Å². The van der Waals surface area contributed by atoms with Gasteiger partial charge in [-0.05, 0) is 31.9 Å². The monoisotopic (exact) mass is 402 g/mol. The van der Waals surface area contributed by atoms with Crippen LogP contribution >= 0.6 is 0 Å². The molecule has 5 rings (SSSR count). The number of carbonyl (C=O) groups excluding carboxylic acids is 1. The van der Waals surface area contributed by atoms with Gasteiger partial charge in [0.25, 0.3) is 0 Å². The van der Waals surface area contributed by atoms with Gasteiger partial charge in [0.2, 0.25) is 0 Å². The molecule has 6 heteroatoms. The average Bonchev–Trinajstić information content (AvgIpc) is 3.38. The third-order valence-corrected chi connectivity index (χ3v) is 6.51. The van der Waals surface area contributed by atoms with Crippen LogP contribution in [-0.4, -0.2) is 55.3 Å². The van der Waals surface area contributed by atoms with Crippen LogP contribution in [0, 0.1) is 0 Å². The molecule has 6 nitrogen and oxygen atoms in total. The number of nitrogens with zero attached hydrogens (tertiary/aromatic N) is 3. The number of aromatic amines is 1. The van der Waals surface area contributed by atoms with Crippen molar-refractivity contribution in [3.8, 4) is 0 Å². The summed E-state index contributed by atoms with van der Waals surface area (Å²) in [6.45, 7) is 3.81. The number of aromatic nitrogens is 3. The molecule has 1 fully saturated rings. The molecule has 1 unspecified atom stereocenters. The molecule has 1 aliphatic rings. The van der Waals surface area contributed by atoms with Gasteiger partial charge in [0, 0.05) is 41.1 Å². The molecule has 1 saturated heterocycles. The maximum Gasteiger partial charge on any atom is 0.181 e. The minimum absolute atomic E-state index is 0.121. The van der Waals surface area contributed by atoms with Gasteiger partial charge in [-0.3, -0.25) is 14.4 Å². The zero-order valence-corrected chi connectivity index (χ0v) is 17.1. The molecule has 0 amide bonds. The van der Waals surface area contributed by atoms with Gasteiger partial charge in [-0.25, -0.2) is 0 Å². The lowest BCUT2D eigenvalue weighted by molar-refractivity contribution is -0.0406. The minimum Gasteiger partial charge on any atom is -0.388 e. The first-order valence-electron chi connectivity index (χ1n) is 10.5. The summed E-state index contributed by atoms with van der Waals surface area (Å²) in [4.78, 5) is 18.5. The van der Waals surface area contributed by atoms with Gasteiger partial charge in [0.1, 0.15) is 0 Å². The Kier molecular flexibility index (Phi) is 4.68. The lowest BCUT2D eigenvalue weighted by Crippen LogP contribution is -2.51. The van der Waals surface area contributed by atoms with Gasteiger partial charge in [-0.1, -0.05) is 36.4 Å². The summed E-state index contributed by atoms with van der Waals surface area (Å²) >= 11 is 0. The highest BCUT2D eigenvalue weighted by Crippen LogP contribution is 2.28. The second kappa shape index (κ2) is 7.38. The van der Waals surface area contributed by atoms with E-state index in [1.807, 2.05) is 72.5 Å². The van der Waals surface area contributed by atoms with Crippen molar-refractivity contribution < 1.29 is 9.90 Å². The SMILES string of the molecule is CC(C(=O)c1c[nH]c2ccccc12)N1CCC(O)(Cn2ncc3ccccc32)CC1. The summed E-state index contributed by atoms with van der Waals surface area (Å²) in [5, 5.41) is 17.7. The van der Waals surface area contributed by atoms with E-state index in [2.05, 4.69) is 15.0 Å². The molecule has 4 aromatic rings. The summed E-state index contributed by atoms with van der Waals surface area (Å²) in [6.07, 6.45) is 4.89. The number of likely N-dealkylation sites (tertiary alicyclic amines) is 1. The number of H-pyrrole nitrogens is 1. The first-order chi connectivity index (χ1) is 14.5. The molecule has 3 heterocycles. The number of aliphatic hydroxyl groups is 1. The van der Waals surface area contributed by atoms with Crippen LogP contribution in [0.3, 0.4) is 0 Å². The molecule has 0 spiro atoms. The van der Waals surface area contributed by atoms with E-state index in [0.717, 1.165) is 27.4 Å². The number of nitrogens with one attached hydrogen (secondary N) is 1. The largest absolute Gasteiger partial charge is 0.388 e. The van der Waals surface area contributed by atoms with Crippen molar-refractivity contribution in [2.24, 2.45) is 0 Å². The van der Waals surface area contributed by atoms with Gasteiger partial charge in [0.05, 0.1) is 29.9 Å². The molecule has 2 aromatic heterocycles. The van der Waals surface area contributed by atoms with Crippen molar-refractivity contribution in [1.82, 2.24) is 19.7 Å². The predicted octanol–water partition coefficient (Wildman–Crippen LogP) is 3.62. The Hall–Kier alpha value is -2.96. The van der Waals surface area contributed by atoms with E-state index in [0.29, 0.717) is 32.5 Å². The van der Waals surface area contributed by atoms with E-state index in [9.17, 15) is 9.90 Å². The molecule has 0 bridgehead atoms. The first-order valence-corrected chi connectivity index (χ1v) is 10.5. The molecule has 1 aliphatic heterocycles. The Morgan fingerprint density at radius 1 is 1.17 bits per heavy atom. The summed E-state index contributed by atoms with van der Waals surface area (Å²) in [7, 11) is 0. The molecule has 30 heavy (non-hydrogen) atoms. The maximum atomic E-state index is 13.1. The van der Waals surface area contributed by atoms with Crippen LogP contribution in [-0.2, 0) is 6.54 Å². The van der Waals surface area contributed by atoms with Crippen molar-refractivity contribution in [3.63, 3.8) is 0 Å². The second-order valence-corrected chi connectivity index (χ2v) is 8.41. The number of ketones is 1. The summed E-state index contributed by atoms with van der Waals surface area (Å²) in [5.41, 5.74) is 1.94. The predicted molar refractivity (Wildman–Crippen MR) is 118 cm³/mol. The van der Waals surface area contributed by atoms with E-state index in [4.69, 9.17) is 0 Å². The fraction of sp³-hybridized carbons (Fsp3) is 0.333. The Morgan fingerprint density at radius 3 is 2.73 bits per heavy atom. The summed E-state index contributed by atoms with van der Waals surface area (Å²) < 4.78 is 1.89. The van der Waals surface area contributed by atoms with Gasteiger partial charge >= 0.3 is 0 Å². The number of fused-ring (bicyclic) bond motifs is 2. The number of para-hydroxylation sites is 2. The average molecular weight is 402 g/mol. The highest BCUT2D eigenvalue weighted by atomic mass is 16.3. The quantitative estimate of drug-likeness (QED) is 0.500. The molecule has 0 saturated carbocycles. The van der Waals surface area contributed by atoms with Crippen LogP contribution in [0.4, 0.5) is 0 Å². The van der Waals surface area contributed by atoms with Crippen molar-refractivity contribution in [1.29, 1.82) is 0 Å². The molecule has 154 valence electrons. The van der Waals surface area contributed by atoms with Gasteiger partial charge in [-0.15, -0.1) is 0 Å². The van der Waals surface area contributed by atoms with Crippen LogP contribution in [0.25, 0.3) is 21.8 Å². The maximum absolute atomic E-state index is 13.1. The summed E-state index contributed by atoms with van der Waals surface area (Å²) in [5.74, 6) is 0.121. The second-order valence-electron chi connectivity index (χ2n) is 8.41. The van der Waals surface area contributed by atoms with E-state index in [-0.39, 0.29) is 11.8 Å². The van der Waals surface area contributed by atoms with E-state index >= 15 is 0 Å². The Labute approximate surface area is 175 Å². The van der Waals surface area contributed by atoms with Crippen LogP contribution in [0.15, 0.2) is 60.9 Å². The Balaban J connectivity index is 1.27. The minimum atomic E-state index is -0.811. The number of hydrogen-bond acceptors (Lipinski definition) is 4. The van der Waals surface area contributed by atoms with Gasteiger partial charge in [-0.2, -0.15) is 5.10 Å². The lowest BCUT2D eigenvalue weighted by Gasteiger charge is -2.40. The molecule has 1 atom stereocenters. The topological polar surface area (TPSA) is 74.2 Å². The molecule has 0 radical (unpaired) electrons. The number of benzene rings is 2. The number of carbonyl (C=O) groups is 1. The fourth-order valence-electron chi connectivity index (χ4n) is 4.58. The smallest absolute Gasteiger partial charge is 0.181 e. The van der Waals surface area contributed by atoms with Crippen molar-refractivity contribution in [2.75, 3.05) is 13.1 Å². The molecule has 0 aliphatic carbocycles. The Morgan fingerprint density at radius 2 is 1.90 bits per heavy atom. The van der Waals surface area contributed by atoms with Gasteiger partial charge < -0.3 is 10.1 Å². The fourth-order valence-corrected chi connectivity index (χ4v) is 4.58. The zero-order valence-electron chi connectivity index (χ0n) is 17.1. The van der Waals surface area contributed by atoms with E-state index in [1.165, 1.54) is 0 Å². The Bertz CT molecular complexity index is 1200. The van der Waals surface area contributed by atoms with E-state index in [1.54, 1.807) is 0 Å². The normalized spacial score (nSPS) is 18.1. The third-order valence-electron chi connectivity index (χ3n) is 6.51. The van der Waals surface area contributed by atoms with Crippen molar-refractivity contribution in [3.05, 3.63) is 66.5 Å². The van der Waals surface area contributed by atoms with Crippen molar-refractivity contribution in [2.45, 2.75) is 38.0 Å². The standard InChI is InChI=1S/C24H26N4O2/c1-17(23(29)20-15-25-21-8-4-3-7-19(20)21)27-12-10-24(30,11-13-27)16-28-22-9-5-2-6-18(22)14-26-28/h2-9,14-15,17,25,30H,10-13,16H2,1H3. The molecular weight excluding hydrogens is 376 g/mol. The van der Waals surface area contributed by atoms with Crippen LogP contribution < -0.4 is 0 Å². The number of hydrogen-bond donors (Lipinski definition) is 2. The molecular formula is C24H26N4O2.